The first-order chi connectivity index (χ1) is 6.81. The number of rotatable bonds is 4. The fourth-order valence-electron chi connectivity index (χ4n) is 1.56. The van der Waals surface area contributed by atoms with Crippen LogP contribution >= 0.6 is 0 Å². The number of nitriles is 1. The Labute approximate surface area is 83.5 Å². The molecule has 1 heterocycles. The lowest BCUT2D eigenvalue weighted by Crippen LogP contribution is -2.03. The smallest absolute Gasteiger partial charge is 0.0996 e. The molecule has 0 aromatic carbocycles. The van der Waals surface area contributed by atoms with Gasteiger partial charge in [-0.1, -0.05) is 18.1 Å². The Kier molecular flexibility index (Phi) is 2.49. The lowest BCUT2D eigenvalue weighted by Gasteiger charge is -2.01. The average Bonchev–Trinajstić information content (AvgIpc) is 2.94. The van der Waals surface area contributed by atoms with E-state index in [4.69, 9.17) is 5.26 Å². The van der Waals surface area contributed by atoms with Crippen molar-refractivity contribution >= 4 is 0 Å². The summed E-state index contributed by atoms with van der Waals surface area (Å²) in [6, 6.07) is 2.10. The normalized spacial score (nSPS) is 15.4. The summed E-state index contributed by atoms with van der Waals surface area (Å²) in [5.41, 5.74) is 1.87. The lowest BCUT2D eigenvalue weighted by atomic mass is 10.2. The summed E-state index contributed by atoms with van der Waals surface area (Å²) < 4.78 is 1.92. The van der Waals surface area contributed by atoms with Gasteiger partial charge in [0, 0.05) is 6.54 Å². The number of hydrogen-bond acceptors (Lipinski definition) is 3. The van der Waals surface area contributed by atoms with Crippen LogP contribution in [0.4, 0.5) is 0 Å². The van der Waals surface area contributed by atoms with Crippen LogP contribution < -0.4 is 0 Å². The molecular weight excluding hydrogens is 176 g/mol. The Morgan fingerprint density at radius 3 is 3.00 bits per heavy atom. The van der Waals surface area contributed by atoms with E-state index in [9.17, 15) is 0 Å². The SMILES string of the molecule is Cc1c(CC#N)nnn1CCC1CC1. The molecule has 0 aliphatic heterocycles. The van der Waals surface area contributed by atoms with Crippen molar-refractivity contribution < 1.29 is 0 Å². The second kappa shape index (κ2) is 3.79. The van der Waals surface area contributed by atoms with Crippen LogP contribution in [-0.2, 0) is 13.0 Å². The quantitative estimate of drug-likeness (QED) is 0.722. The molecule has 1 aliphatic rings. The highest BCUT2D eigenvalue weighted by atomic mass is 15.4. The lowest BCUT2D eigenvalue weighted by molar-refractivity contribution is 0.521. The van der Waals surface area contributed by atoms with Gasteiger partial charge in [-0.25, -0.2) is 4.68 Å². The molecule has 0 radical (unpaired) electrons. The van der Waals surface area contributed by atoms with Crippen LogP contribution in [0.1, 0.15) is 30.7 Å². The number of hydrogen-bond donors (Lipinski definition) is 0. The van der Waals surface area contributed by atoms with Crippen LogP contribution in [0.25, 0.3) is 0 Å². The fraction of sp³-hybridized carbons (Fsp3) is 0.700. The zero-order valence-corrected chi connectivity index (χ0v) is 8.40. The molecule has 0 saturated heterocycles. The molecule has 1 aromatic heterocycles. The van der Waals surface area contributed by atoms with Crippen LogP contribution in [-0.4, -0.2) is 15.0 Å². The van der Waals surface area contributed by atoms with E-state index in [1.165, 1.54) is 19.3 Å². The maximum atomic E-state index is 8.55. The van der Waals surface area contributed by atoms with Crippen LogP contribution in [0.5, 0.6) is 0 Å². The second-order valence-electron chi connectivity index (χ2n) is 3.91. The van der Waals surface area contributed by atoms with Crippen LogP contribution in [0, 0.1) is 24.2 Å². The molecule has 4 nitrogen and oxygen atoms in total. The van der Waals surface area contributed by atoms with Crippen molar-refractivity contribution in [3.8, 4) is 6.07 Å². The van der Waals surface area contributed by atoms with Gasteiger partial charge in [-0.05, 0) is 19.3 Å². The summed E-state index contributed by atoms with van der Waals surface area (Å²) in [6.45, 7) is 2.94. The minimum absolute atomic E-state index is 0.370. The summed E-state index contributed by atoms with van der Waals surface area (Å²) in [4.78, 5) is 0. The molecule has 2 rings (SSSR count). The first-order valence-electron chi connectivity index (χ1n) is 5.07. The highest BCUT2D eigenvalue weighted by Gasteiger charge is 2.21. The van der Waals surface area contributed by atoms with Gasteiger partial charge in [-0.3, -0.25) is 0 Å². The van der Waals surface area contributed by atoms with Gasteiger partial charge >= 0.3 is 0 Å². The first-order valence-corrected chi connectivity index (χ1v) is 5.07. The van der Waals surface area contributed by atoms with Gasteiger partial charge < -0.3 is 0 Å². The highest BCUT2D eigenvalue weighted by molar-refractivity contribution is 5.12. The van der Waals surface area contributed by atoms with E-state index in [1.807, 2.05) is 11.6 Å². The van der Waals surface area contributed by atoms with Crippen LogP contribution in [0.3, 0.4) is 0 Å². The van der Waals surface area contributed by atoms with E-state index in [2.05, 4.69) is 16.4 Å². The molecule has 0 spiro atoms. The average molecular weight is 190 g/mol. The van der Waals surface area contributed by atoms with Gasteiger partial charge in [0.25, 0.3) is 0 Å². The van der Waals surface area contributed by atoms with Crippen molar-refractivity contribution in [1.29, 1.82) is 5.26 Å². The predicted octanol–water partition coefficient (Wildman–Crippen LogP) is 1.45. The van der Waals surface area contributed by atoms with Gasteiger partial charge in [-0.15, -0.1) is 5.10 Å². The molecule has 1 fully saturated rings. The molecule has 74 valence electrons. The Morgan fingerprint density at radius 1 is 1.57 bits per heavy atom. The molecule has 1 aromatic rings. The zero-order valence-electron chi connectivity index (χ0n) is 8.40. The molecule has 1 aliphatic carbocycles. The Bertz CT molecular complexity index is 357. The van der Waals surface area contributed by atoms with Gasteiger partial charge in [-0.2, -0.15) is 5.26 Å². The molecular formula is C10H14N4. The third-order valence-electron chi connectivity index (χ3n) is 2.77. The molecule has 0 N–H and O–H groups in total. The van der Waals surface area contributed by atoms with E-state index in [0.717, 1.165) is 23.9 Å². The van der Waals surface area contributed by atoms with Crippen LogP contribution in [0.2, 0.25) is 0 Å². The van der Waals surface area contributed by atoms with E-state index in [-0.39, 0.29) is 0 Å². The highest BCUT2D eigenvalue weighted by Crippen LogP contribution is 2.32. The van der Waals surface area contributed by atoms with Crippen LogP contribution in [0.15, 0.2) is 0 Å². The fourth-order valence-corrected chi connectivity index (χ4v) is 1.56. The van der Waals surface area contributed by atoms with Crippen molar-refractivity contribution in [3.05, 3.63) is 11.4 Å². The maximum absolute atomic E-state index is 8.55. The van der Waals surface area contributed by atoms with Gasteiger partial charge in [0.15, 0.2) is 0 Å². The standard InChI is InChI=1S/C10H14N4/c1-8-10(4-6-11)12-13-14(8)7-5-9-2-3-9/h9H,2-5,7H2,1H3. The topological polar surface area (TPSA) is 54.5 Å². The third kappa shape index (κ3) is 1.92. The molecule has 0 unspecified atom stereocenters. The van der Waals surface area contributed by atoms with Crippen molar-refractivity contribution in [2.24, 2.45) is 5.92 Å². The molecule has 14 heavy (non-hydrogen) atoms. The summed E-state index contributed by atoms with van der Waals surface area (Å²) in [5.74, 6) is 0.915. The second-order valence-corrected chi connectivity index (χ2v) is 3.91. The summed E-state index contributed by atoms with van der Waals surface area (Å²) in [6.07, 6.45) is 4.32. The summed E-state index contributed by atoms with van der Waals surface area (Å²) in [5, 5.41) is 16.6. The van der Waals surface area contributed by atoms with E-state index < -0.39 is 0 Å². The number of aromatic nitrogens is 3. The Hall–Kier alpha value is -1.37. The van der Waals surface area contributed by atoms with E-state index >= 15 is 0 Å². The summed E-state index contributed by atoms with van der Waals surface area (Å²) in [7, 11) is 0. The molecule has 0 bridgehead atoms. The van der Waals surface area contributed by atoms with Gasteiger partial charge in [0.2, 0.25) is 0 Å². The van der Waals surface area contributed by atoms with Gasteiger partial charge in [0.05, 0.1) is 23.9 Å². The minimum atomic E-state index is 0.370. The predicted molar refractivity (Wildman–Crippen MR) is 51.4 cm³/mol. The molecule has 0 amide bonds. The van der Waals surface area contributed by atoms with E-state index in [0.29, 0.717) is 6.42 Å². The largest absolute Gasteiger partial charge is 0.249 e. The molecule has 1 saturated carbocycles. The molecule has 0 atom stereocenters. The van der Waals surface area contributed by atoms with Crippen molar-refractivity contribution in [2.45, 2.75) is 39.2 Å². The van der Waals surface area contributed by atoms with E-state index in [1.54, 1.807) is 0 Å². The maximum Gasteiger partial charge on any atom is 0.0996 e. The molecule has 4 heteroatoms. The van der Waals surface area contributed by atoms with Crippen molar-refractivity contribution in [2.75, 3.05) is 0 Å². The van der Waals surface area contributed by atoms with Crippen molar-refractivity contribution in [1.82, 2.24) is 15.0 Å². The zero-order chi connectivity index (χ0) is 9.97. The minimum Gasteiger partial charge on any atom is -0.249 e. The number of aryl methyl sites for hydroxylation is 1. The van der Waals surface area contributed by atoms with Crippen molar-refractivity contribution in [3.63, 3.8) is 0 Å². The summed E-state index contributed by atoms with van der Waals surface area (Å²) >= 11 is 0. The first kappa shape index (κ1) is 9.20. The third-order valence-corrected chi connectivity index (χ3v) is 2.77. The Morgan fingerprint density at radius 2 is 2.36 bits per heavy atom. The monoisotopic (exact) mass is 190 g/mol. The number of nitrogens with zero attached hydrogens (tertiary/aromatic N) is 4. The Balaban J connectivity index is 1.98. The van der Waals surface area contributed by atoms with Gasteiger partial charge in [0.1, 0.15) is 0 Å².